The van der Waals surface area contributed by atoms with E-state index in [2.05, 4.69) is 9.97 Å². The fourth-order valence-corrected chi connectivity index (χ4v) is 6.01. The van der Waals surface area contributed by atoms with E-state index in [-0.39, 0.29) is 0 Å². The second kappa shape index (κ2) is 7.81. The smallest absolute Gasteiger partial charge is 0.333 e. The summed E-state index contributed by atoms with van der Waals surface area (Å²) >= 11 is 9.00. The molecule has 33 heavy (non-hydrogen) atoms. The first-order valence-electron chi connectivity index (χ1n) is 9.91. The third-order valence-corrected chi connectivity index (χ3v) is 8.15. The van der Waals surface area contributed by atoms with E-state index >= 15 is 0 Å². The van der Waals surface area contributed by atoms with Gasteiger partial charge in [-0.3, -0.25) is 9.78 Å². The number of H-pyrrole nitrogens is 1. The topological polar surface area (TPSA) is 97.2 Å². The molecule has 0 spiro atoms. The summed E-state index contributed by atoms with van der Waals surface area (Å²) in [5, 5.41) is 11.6. The van der Waals surface area contributed by atoms with Crippen LogP contribution in [-0.4, -0.2) is 26.8 Å². The van der Waals surface area contributed by atoms with E-state index < -0.39 is 16.9 Å². The van der Waals surface area contributed by atoms with Crippen molar-refractivity contribution in [2.75, 3.05) is 7.11 Å². The van der Waals surface area contributed by atoms with Gasteiger partial charge in [0.15, 0.2) is 0 Å². The highest BCUT2D eigenvalue weighted by atomic mass is 35.5. The molecule has 0 aliphatic rings. The molecular formula is C23H18ClN3O4S2. The molecule has 0 saturated heterocycles. The number of nitrogens with one attached hydrogen (secondary N) is 1. The van der Waals surface area contributed by atoms with Crippen LogP contribution in [0, 0.1) is 0 Å². The zero-order chi connectivity index (χ0) is 23.5. The highest BCUT2D eigenvalue weighted by molar-refractivity contribution is 7.22. The van der Waals surface area contributed by atoms with Crippen molar-refractivity contribution in [2.24, 2.45) is 0 Å². The molecule has 4 heterocycles. The van der Waals surface area contributed by atoms with Crippen LogP contribution in [0.5, 0.6) is 5.75 Å². The number of hydrogen-bond donors (Lipinski definition) is 2. The fraction of sp³-hybridized carbons (Fsp3) is 0.174. The first-order chi connectivity index (χ1) is 15.7. The number of fused-ring (bicyclic) bond motifs is 2. The van der Waals surface area contributed by atoms with Crippen LogP contribution in [0.4, 0.5) is 0 Å². The molecule has 0 radical (unpaired) electrons. The summed E-state index contributed by atoms with van der Waals surface area (Å²) < 4.78 is 7.54. The first-order valence-corrected chi connectivity index (χ1v) is 11.9. The van der Waals surface area contributed by atoms with Crippen LogP contribution < -0.4 is 16.0 Å². The molecule has 5 aromatic rings. The van der Waals surface area contributed by atoms with E-state index in [1.165, 1.54) is 28.9 Å². The standard InChI is InChI=1S/C23H18ClN3O4S2/c1-23(2,30)19-7-13-16(9-25-10-18(13)32-19)27-21(28)20-15(26-22(27)29)8-17(33-20)12-6-11(31-3)4-5-14(12)24/h4-10,30H,1-3H3,(H,26,29). The first kappa shape index (κ1) is 21.8. The Bertz CT molecular complexity index is 1660. The second-order valence-electron chi connectivity index (χ2n) is 8.01. The largest absolute Gasteiger partial charge is 0.497 e. The van der Waals surface area contributed by atoms with Crippen molar-refractivity contribution in [1.82, 2.24) is 14.5 Å². The van der Waals surface area contributed by atoms with Crippen LogP contribution in [0.1, 0.15) is 18.7 Å². The highest BCUT2D eigenvalue weighted by Gasteiger charge is 2.22. The summed E-state index contributed by atoms with van der Waals surface area (Å²) in [6, 6.07) is 8.80. The molecule has 5 rings (SSSR count). The maximum absolute atomic E-state index is 13.5. The van der Waals surface area contributed by atoms with Crippen molar-refractivity contribution in [2.45, 2.75) is 19.4 Å². The lowest BCUT2D eigenvalue weighted by molar-refractivity contribution is 0.0826. The molecule has 168 valence electrons. The molecule has 1 aromatic carbocycles. The third kappa shape index (κ3) is 3.67. The van der Waals surface area contributed by atoms with Crippen LogP contribution >= 0.6 is 34.3 Å². The third-order valence-electron chi connectivity index (χ3n) is 5.28. The van der Waals surface area contributed by atoms with Crippen LogP contribution in [0.2, 0.25) is 5.02 Å². The molecule has 0 unspecified atom stereocenters. The normalized spacial score (nSPS) is 12.0. The monoisotopic (exact) mass is 499 g/mol. The van der Waals surface area contributed by atoms with Gasteiger partial charge in [-0.15, -0.1) is 22.7 Å². The number of thiophene rings is 2. The number of hydrogen-bond acceptors (Lipinski definition) is 7. The van der Waals surface area contributed by atoms with Crippen LogP contribution in [0.25, 0.3) is 36.4 Å². The van der Waals surface area contributed by atoms with E-state index in [0.717, 1.165) is 14.1 Å². The van der Waals surface area contributed by atoms with Crippen molar-refractivity contribution in [3.63, 3.8) is 0 Å². The van der Waals surface area contributed by atoms with E-state index in [9.17, 15) is 14.7 Å². The Hall–Kier alpha value is -2.98. The average molecular weight is 500 g/mol. The van der Waals surface area contributed by atoms with E-state index in [0.29, 0.717) is 42.5 Å². The van der Waals surface area contributed by atoms with Gasteiger partial charge in [0.25, 0.3) is 5.56 Å². The molecule has 4 aromatic heterocycles. The Labute approximate surface area is 200 Å². The molecule has 0 bridgehead atoms. The van der Waals surface area contributed by atoms with Crippen LogP contribution in [-0.2, 0) is 5.60 Å². The van der Waals surface area contributed by atoms with Gasteiger partial charge in [0, 0.05) is 31.9 Å². The summed E-state index contributed by atoms with van der Waals surface area (Å²) in [6.45, 7) is 3.37. The molecule has 0 aliphatic heterocycles. The maximum atomic E-state index is 13.5. The number of aromatic nitrogens is 3. The quantitative estimate of drug-likeness (QED) is 0.366. The van der Waals surface area contributed by atoms with Gasteiger partial charge >= 0.3 is 5.69 Å². The zero-order valence-corrected chi connectivity index (χ0v) is 20.2. The number of ether oxygens (including phenoxy) is 1. The van der Waals surface area contributed by atoms with Crippen molar-refractivity contribution in [3.05, 3.63) is 73.5 Å². The van der Waals surface area contributed by atoms with Gasteiger partial charge in [-0.25, -0.2) is 9.36 Å². The minimum absolute atomic E-state index is 0.363. The second-order valence-corrected chi connectivity index (χ2v) is 10.6. The molecule has 7 nitrogen and oxygen atoms in total. The maximum Gasteiger partial charge on any atom is 0.333 e. The Morgan fingerprint density at radius 2 is 1.94 bits per heavy atom. The lowest BCUT2D eigenvalue weighted by Gasteiger charge is -2.13. The molecule has 0 saturated carbocycles. The van der Waals surface area contributed by atoms with Gasteiger partial charge in [-0.05, 0) is 44.2 Å². The van der Waals surface area contributed by atoms with Gasteiger partial charge < -0.3 is 14.8 Å². The number of benzene rings is 1. The summed E-state index contributed by atoms with van der Waals surface area (Å²) in [5.41, 5.74) is -0.570. The van der Waals surface area contributed by atoms with Gasteiger partial charge in [-0.1, -0.05) is 11.6 Å². The minimum Gasteiger partial charge on any atom is -0.497 e. The lowest BCUT2D eigenvalue weighted by atomic mass is 10.1. The van der Waals surface area contributed by atoms with E-state index in [1.807, 2.05) is 0 Å². The van der Waals surface area contributed by atoms with Crippen molar-refractivity contribution in [1.29, 1.82) is 0 Å². The highest BCUT2D eigenvalue weighted by Crippen LogP contribution is 2.38. The number of aliphatic hydroxyl groups is 1. The average Bonchev–Trinajstić information content (AvgIpc) is 3.39. The van der Waals surface area contributed by atoms with Gasteiger partial charge in [0.05, 0.1) is 34.8 Å². The summed E-state index contributed by atoms with van der Waals surface area (Å²) in [7, 11) is 1.57. The summed E-state index contributed by atoms with van der Waals surface area (Å²) in [5.74, 6) is 0.635. The Kier molecular flexibility index (Phi) is 5.17. The molecule has 0 amide bonds. The zero-order valence-electron chi connectivity index (χ0n) is 17.8. The lowest BCUT2D eigenvalue weighted by Crippen LogP contribution is -2.33. The molecular weight excluding hydrogens is 482 g/mol. The molecule has 0 atom stereocenters. The number of pyridine rings is 1. The number of methoxy groups -OCH3 is 1. The number of nitrogens with zero attached hydrogens (tertiary/aromatic N) is 2. The SMILES string of the molecule is COc1ccc(Cl)c(-c2cc3[nH]c(=O)n(-c4cncc5sc(C(C)(C)O)cc45)c(=O)c3s2)c1. The Balaban J connectivity index is 1.74. The molecule has 10 heteroatoms. The molecule has 2 N–H and O–H groups in total. The van der Waals surface area contributed by atoms with Gasteiger partial charge in [0.2, 0.25) is 0 Å². The van der Waals surface area contributed by atoms with Crippen LogP contribution in [0.3, 0.4) is 0 Å². The fourth-order valence-electron chi connectivity index (χ4n) is 3.61. The number of halogens is 1. The predicted molar refractivity (Wildman–Crippen MR) is 133 cm³/mol. The van der Waals surface area contributed by atoms with Gasteiger partial charge in [-0.2, -0.15) is 0 Å². The summed E-state index contributed by atoms with van der Waals surface area (Å²) in [6.07, 6.45) is 3.14. The van der Waals surface area contributed by atoms with E-state index in [1.54, 1.807) is 57.5 Å². The van der Waals surface area contributed by atoms with Crippen molar-refractivity contribution in [3.8, 4) is 21.9 Å². The molecule has 0 fully saturated rings. The van der Waals surface area contributed by atoms with Crippen molar-refractivity contribution < 1.29 is 9.84 Å². The van der Waals surface area contributed by atoms with Gasteiger partial charge in [0.1, 0.15) is 10.4 Å². The van der Waals surface area contributed by atoms with Crippen LogP contribution in [0.15, 0.2) is 52.3 Å². The minimum atomic E-state index is -1.05. The number of aromatic amines is 1. The number of rotatable bonds is 4. The summed E-state index contributed by atoms with van der Waals surface area (Å²) in [4.78, 5) is 34.9. The Morgan fingerprint density at radius 1 is 1.15 bits per heavy atom. The predicted octanol–water partition coefficient (Wildman–Crippen LogP) is 4.91. The Morgan fingerprint density at radius 3 is 2.67 bits per heavy atom. The molecule has 0 aliphatic carbocycles. The van der Waals surface area contributed by atoms with Crippen molar-refractivity contribution >= 4 is 54.6 Å². The van der Waals surface area contributed by atoms with E-state index in [4.69, 9.17) is 16.3 Å².